The van der Waals surface area contributed by atoms with E-state index in [0.29, 0.717) is 5.69 Å². The summed E-state index contributed by atoms with van der Waals surface area (Å²) >= 11 is 0. The van der Waals surface area contributed by atoms with E-state index in [9.17, 15) is 8.42 Å². The molecule has 1 N–H and O–H groups in total. The number of nitrogens with zero attached hydrogens (tertiary/aromatic N) is 1. The summed E-state index contributed by atoms with van der Waals surface area (Å²) in [6, 6.07) is 7.60. The number of likely N-dealkylation sites (N-methyl/N-ethyl adjacent to an activating group) is 1. The Morgan fingerprint density at radius 2 is 1.54 bits per heavy atom. The zero-order valence-corrected chi connectivity index (χ0v) is 20.5. The van der Waals surface area contributed by atoms with Crippen LogP contribution in [-0.2, 0) is 16.4 Å². The molecule has 1 aromatic rings. The Kier molecular flexibility index (Phi) is 13.8. The van der Waals surface area contributed by atoms with Crippen LogP contribution in [0.2, 0.25) is 0 Å². The maximum absolute atomic E-state index is 11.3. The second-order valence-electron chi connectivity index (χ2n) is 7.54. The van der Waals surface area contributed by atoms with Crippen molar-refractivity contribution in [1.82, 2.24) is 0 Å². The van der Waals surface area contributed by atoms with E-state index in [4.69, 9.17) is 0 Å². The molecular weight excluding hydrogens is 436 g/mol. The fourth-order valence-corrected chi connectivity index (χ4v) is 3.94. The number of sulfonamides is 1. The van der Waals surface area contributed by atoms with Crippen molar-refractivity contribution in [2.75, 3.05) is 37.2 Å². The van der Waals surface area contributed by atoms with Gasteiger partial charge < -0.3 is 21.5 Å². The van der Waals surface area contributed by atoms with Crippen molar-refractivity contribution >= 4 is 15.7 Å². The van der Waals surface area contributed by atoms with Crippen molar-refractivity contribution in [3.63, 3.8) is 0 Å². The molecule has 0 amide bonds. The molecule has 0 heterocycles. The van der Waals surface area contributed by atoms with E-state index in [1.807, 2.05) is 24.3 Å². The number of halogens is 1. The lowest BCUT2D eigenvalue weighted by molar-refractivity contribution is -0.919. The molecule has 0 atom stereocenters. The molecule has 1 rings (SSSR count). The van der Waals surface area contributed by atoms with Crippen molar-refractivity contribution < 1.29 is 29.9 Å². The van der Waals surface area contributed by atoms with Crippen molar-refractivity contribution in [2.24, 2.45) is 0 Å². The van der Waals surface area contributed by atoms with Gasteiger partial charge in [-0.1, -0.05) is 44.4 Å². The lowest BCUT2D eigenvalue weighted by Crippen LogP contribution is -3.00. The third-order valence-electron chi connectivity index (χ3n) is 5.35. The normalized spacial score (nSPS) is 12.1. The molecule has 0 aromatic heterocycles. The Morgan fingerprint density at radius 1 is 0.929 bits per heavy atom. The topological polar surface area (TPSA) is 46.2 Å². The summed E-state index contributed by atoms with van der Waals surface area (Å²) in [6.45, 7) is 11.6. The van der Waals surface area contributed by atoms with Crippen LogP contribution in [-0.4, -0.2) is 45.3 Å². The number of nitrogens with one attached hydrogen (secondary N) is 1. The quantitative estimate of drug-likeness (QED) is 0.254. The molecule has 162 valence electrons. The standard InChI is InChI=1S/C22H39N2O2S.BrH/c1-5-8-9-10-12-19-24(6-2,7-3)20-13-11-14-21-15-17-22(18-16-21)23-27(4,25)26;/h11,13,15-18,23H,5-10,12,14,19-20H2,1-4H3;1H/q+1;/p-1. The Bertz CT molecular complexity index is 654. The van der Waals surface area contributed by atoms with Gasteiger partial charge in [-0.3, -0.25) is 4.72 Å². The molecule has 0 aliphatic rings. The van der Waals surface area contributed by atoms with Gasteiger partial charge in [0.25, 0.3) is 0 Å². The monoisotopic (exact) mass is 474 g/mol. The van der Waals surface area contributed by atoms with Gasteiger partial charge in [0, 0.05) is 5.69 Å². The van der Waals surface area contributed by atoms with Crippen LogP contribution in [0.25, 0.3) is 0 Å². The van der Waals surface area contributed by atoms with Gasteiger partial charge in [-0.15, -0.1) is 0 Å². The third-order valence-corrected chi connectivity index (χ3v) is 5.95. The van der Waals surface area contributed by atoms with Crippen molar-refractivity contribution in [1.29, 1.82) is 0 Å². The molecule has 0 aliphatic heterocycles. The Labute approximate surface area is 183 Å². The highest BCUT2D eigenvalue weighted by atomic mass is 79.9. The molecule has 0 saturated heterocycles. The van der Waals surface area contributed by atoms with Crippen molar-refractivity contribution in [3.05, 3.63) is 42.0 Å². The van der Waals surface area contributed by atoms with Gasteiger partial charge in [-0.2, -0.15) is 0 Å². The summed E-state index contributed by atoms with van der Waals surface area (Å²) in [7, 11) is -3.21. The summed E-state index contributed by atoms with van der Waals surface area (Å²) in [5.41, 5.74) is 1.80. The van der Waals surface area contributed by atoms with Crippen LogP contribution in [0.4, 0.5) is 5.69 Å². The van der Waals surface area contributed by atoms with Crippen LogP contribution in [0.1, 0.15) is 58.4 Å². The molecule has 0 spiro atoms. The minimum atomic E-state index is -3.21. The summed E-state index contributed by atoms with van der Waals surface area (Å²) in [4.78, 5) is 0. The first kappa shape index (κ1) is 27.1. The molecule has 0 unspecified atom stereocenters. The largest absolute Gasteiger partial charge is 1.00 e. The summed E-state index contributed by atoms with van der Waals surface area (Å²) in [5.74, 6) is 0. The van der Waals surface area contributed by atoms with E-state index < -0.39 is 10.0 Å². The predicted molar refractivity (Wildman–Crippen MR) is 118 cm³/mol. The first-order valence-corrected chi connectivity index (χ1v) is 12.3. The Morgan fingerprint density at radius 3 is 2.07 bits per heavy atom. The summed E-state index contributed by atoms with van der Waals surface area (Å²) < 4.78 is 26.2. The van der Waals surface area contributed by atoms with E-state index in [1.165, 1.54) is 68.0 Å². The number of unbranched alkanes of at least 4 members (excludes halogenated alkanes) is 4. The van der Waals surface area contributed by atoms with Crippen LogP contribution in [0.3, 0.4) is 0 Å². The molecule has 0 fully saturated rings. The van der Waals surface area contributed by atoms with Gasteiger partial charge >= 0.3 is 0 Å². The van der Waals surface area contributed by atoms with Crippen LogP contribution in [0, 0.1) is 0 Å². The van der Waals surface area contributed by atoms with Crippen molar-refractivity contribution in [3.8, 4) is 0 Å². The zero-order valence-electron chi connectivity index (χ0n) is 18.1. The van der Waals surface area contributed by atoms with Crippen LogP contribution < -0.4 is 21.7 Å². The van der Waals surface area contributed by atoms with Gasteiger partial charge in [0.2, 0.25) is 10.0 Å². The van der Waals surface area contributed by atoms with Crippen LogP contribution >= 0.6 is 0 Å². The average Bonchev–Trinajstić information content (AvgIpc) is 2.63. The van der Waals surface area contributed by atoms with Crippen molar-refractivity contribution in [2.45, 2.75) is 59.3 Å². The fraction of sp³-hybridized carbons (Fsp3) is 0.636. The van der Waals surface area contributed by atoms with Crippen LogP contribution in [0.5, 0.6) is 0 Å². The number of anilines is 1. The van der Waals surface area contributed by atoms with E-state index in [-0.39, 0.29) is 17.0 Å². The van der Waals surface area contributed by atoms with Gasteiger partial charge in [-0.25, -0.2) is 8.42 Å². The fourth-order valence-electron chi connectivity index (χ4n) is 3.38. The SMILES string of the molecule is CCCCCCC[N+](CC)(CC)CC=CCc1ccc(NS(C)(=O)=O)cc1.[Br-]. The minimum absolute atomic E-state index is 0. The van der Waals surface area contributed by atoms with E-state index in [2.05, 4.69) is 37.6 Å². The number of benzene rings is 1. The van der Waals surface area contributed by atoms with Gasteiger partial charge in [-0.05, 0) is 56.9 Å². The molecule has 0 saturated carbocycles. The second-order valence-corrected chi connectivity index (χ2v) is 9.29. The zero-order chi connectivity index (χ0) is 20.2. The summed E-state index contributed by atoms with van der Waals surface area (Å²) in [6.07, 6.45) is 13.3. The highest BCUT2D eigenvalue weighted by Gasteiger charge is 2.20. The van der Waals surface area contributed by atoms with Gasteiger partial charge in [0.05, 0.1) is 32.4 Å². The first-order chi connectivity index (χ1) is 12.8. The van der Waals surface area contributed by atoms with E-state index in [1.54, 1.807) is 0 Å². The van der Waals surface area contributed by atoms with Gasteiger partial charge in [0.15, 0.2) is 0 Å². The maximum atomic E-state index is 11.3. The molecule has 0 aliphatic carbocycles. The van der Waals surface area contributed by atoms with Gasteiger partial charge in [0.1, 0.15) is 0 Å². The molecule has 0 bridgehead atoms. The van der Waals surface area contributed by atoms with Crippen LogP contribution in [0.15, 0.2) is 36.4 Å². The third kappa shape index (κ3) is 11.2. The Balaban J connectivity index is 0.00000729. The minimum Gasteiger partial charge on any atom is -1.00 e. The molecule has 1 aromatic carbocycles. The molecule has 0 radical (unpaired) electrons. The highest BCUT2D eigenvalue weighted by molar-refractivity contribution is 7.92. The molecule has 6 heteroatoms. The number of quaternary nitrogens is 1. The molecular formula is C22H39BrN2O2S. The number of hydrogen-bond acceptors (Lipinski definition) is 2. The smallest absolute Gasteiger partial charge is 0.229 e. The number of rotatable bonds is 14. The molecule has 4 nitrogen and oxygen atoms in total. The molecule has 28 heavy (non-hydrogen) atoms. The highest BCUT2D eigenvalue weighted by Crippen LogP contribution is 2.14. The summed E-state index contributed by atoms with van der Waals surface area (Å²) in [5, 5.41) is 0. The predicted octanol–water partition coefficient (Wildman–Crippen LogP) is 1.99. The first-order valence-electron chi connectivity index (χ1n) is 10.4. The number of hydrogen-bond donors (Lipinski definition) is 1. The number of allylic oxidation sites excluding steroid dienone is 1. The average molecular weight is 476 g/mol. The lowest BCUT2D eigenvalue weighted by atomic mass is 10.1. The lowest BCUT2D eigenvalue weighted by Gasteiger charge is -2.36. The van der Waals surface area contributed by atoms with E-state index >= 15 is 0 Å². The second kappa shape index (κ2) is 14.2. The Hall–Kier alpha value is -0.850. The van der Waals surface area contributed by atoms with E-state index in [0.717, 1.165) is 13.0 Å². The maximum Gasteiger partial charge on any atom is 0.229 e.